The van der Waals surface area contributed by atoms with Crippen LogP contribution in [0.4, 0.5) is 0 Å². The topological polar surface area (TPSA) is 87.2 Å². The highest BCUT2D eigenvalue weighted by atomic mass is 15.1. The maximum atomic E-state index is 5.38. The highest BCUT2D eigenvalue weighted by Crippen LogP contribution is 2.36. The molecule has 0 radical (unpaired) electrons. The molecule has 0 atom stereocenters. The van der Waals surface area contributed by atoms with Crippen LogP contribution in [0, 0.1) is 0 Å². The Morgan fingerprint density at radius 3 is 1.73 bits per heavy atom. The van der Waals surface area contributed by atoms with Crippen molar-refractivity contribution in [3.05, 3.63) is 134 Å². The standard InChI is InChI=1S/C36H22N8/c1-2-11-23(12-3-1)43-30-16-5-4-13-25(30)32-35(43)42-36-34(41-32)33-31(17-10-20-39-33)44(36)24-21-28(26-14-6-8-18-37-26)40-29(22-24)27-15-7-9-19-38-27/h1-22H. The van der Waals surface area contributed by atoms with Crippen LogP contribution in [0.3, 0.4) is 0 Å². The molecule has 0 aliphatic carbocycles. The molecule has 0 aliphatic heterocycles. The van der Waals surface area contributed by atoms with Gasteiger partial charge >= 0.3 is 0 Å². The lowest BCUT2D eigenvalue weighted by Gasteiger charge is -2.12. The Balaban J connectivity index is 1.41. The Morgan fingerprint density at radius 1 is 0.386 bits per heavy atom. The van der Waals surface area contributed by atoms with Crippen molar-refractivity contribution in [2.45, 2.75) is 0 Å². The van der Waals surface area contributed by atoms with E-state index >= 15 is 0 Å². The van der Waals surface area contributed by atoms with Gasteiger partial charge in [-0.05, 0) is 66.7 Å². The van der Waals surface area contributed by atoms with E-state index in [9.17, 15) is 0 Å². The van der Waals surface area contributed by atoms with Crippen molar-refractivity contribution < 1.29 is 0 Å². The van der Waals surface area contributed by atoms with Crippen molar-refractivity contribution in [1.29, 1.82) is 0 Å². The Morgan fingerprint density at radius 2 is 1.00 bits per heavy atom. The van der Waals surface area contributed by atoms with Crippen LogP contribution in [-0.2, 0) is 0 Å². The number of rotatable bonds is 4. The second kappa shape index (κ2) is 9.64. The van der Waals surface area contributed by atoms with Gasteiger partial charge in [0.25, 0.3) is 0 Å². The molecule has 8 heteroatoms. The van der Waals surface area contributed by atoms with Gasteiger partial charge in [-0.1, -0.05) is 48.5 Å². The normalized spacial score (nSPS) is 11.6. The van der Waals surface area contributed by atoms with Crippen LogP contribution in [0.5, 0.6) is 0 Å². The number of benzene rings is 2. The lowest BCUT2D eigenvalue weighted by Crippen LogP contribution is -2.02. The van der Waals surface area contributed by atoms with Crippen molar-refractivity contribution in [3.63, 3.8) is 0 Å². The summed E-state index contributed by atoms with van der Waals surface area (Å²) >= 11 is 0. The van der Waals surface area contributed by atoms with Crippen LogP contribution in [0.2, 0.25) is 0 Å². The number of hydrogen-bond donors (Lipinski definition) is 0. The van der Waals surface area contributed by atoms with E-state index in [1.54, 1.807) is 18.6 Å². The van der Waals surface area contributed by atoms with Crippen molar-refractivity contribution in [1.82, 2.24) is 39.0 Å². The van der Waals surface area contributed by atoms with E-state index in [0.29, 0.717) is 5.65 Å². The molecule has 9 rings (SSSR count). The Labute approximate surface area is 251 Å². The summed E-state index contributed by atoms with van der Waals surface area (Å²) in [5.41, 5.74) is 10.7. The Kier molecular flexibility index (Phi) is 5.33. The first kappa shape index (κ1) is 24.3. The predicted molar refractivity (Wildman–Crippen MR) is 173 cm³/mol. The van der Waals surface area contributed by atoms with Crippen LogP contribution < -0.4 is 0 Å². The summed E-state index contributed by atoms with van der Waals surface area (Å²) < 4.78 is 4.30. The molecule has 8 nitrogen and oxygen atoms in total. The van der Waals surface area contributed by atoms with Crippen molar-refractivity contribution >= 4 is 44.3 Å². The van der Waals surface area contributed by atoms with Gasteiger partial charge in [-0.15, -0.1) is 0 Å². The van der Waals surface area contributed by atoms with Crippen molar-refractivity contribution in [2.75, 3.05) is 0 Å². The van der Waals surface area contributed by atoms with Crippen LogP contribution in [-0.4, -0.2) is 39.0 Å². The van der Waals surface area contributed by atoms with E-state index in [-0.39, 0.29) is 0 Å². The Hall–Kier alpha value is -6.28. The molecule has 0 fully saturated rings. The lowest BCUT2D eigenvalue weighted by atomic mass is 10.1. The van der Waals surface area contributed by atoms with Gasteiger partial charge in [0.2, 0.25) is 0 Å². The first-order valence-corrected chi connectivity index (χ1v) is 14.3. The van der Waals surface area contributed by atoms with Crippen molar-refractivity contribution in [2.24, 2.45) is 0 Å². The number of pyridine rings is 4. The minimum atomic E-state index is 0.705. The SMILES string of the molecule is c1ccc(-n2c3ccccc3c3nc4c5ncccc5n(-c5cc(-c6ccccn6)nc(-c6ccccn6)c5)c4nc32)cc1. The second-order valence-electron chi connectivity index (χ2n) is 10.5. The highest BCUT2D eigenvalue weighted by molar-refractivity contribution is 6.11. The smallest absolute Gasteiger partial charge is 0.168 e. The summed E-state index contributed by atoms with van der Waals surface area (Å²) in [5, 5.41) is 1.04. The summed E-state index contributed by atoms with van der Waals surface area (Å²) in [5.74, 6) is 0. The number of fused-ring (bicyclic) bond motifs is 6. The molecule has 7 heterocycles. The summed E-state index contributed by atoms with van der Waals surface area (Å²) in [6.45, 7) is 0. The third-order valence-electron chi connectivity index (χ3n) is 7.87. The summed E-state index contributed by atoms with van der Waals surface area (Å²) in [4.78, 5) is 29.7. The van der Waals surface area contributed by atoms with Crippen molar-refractivity contribution in [3.8, 4) is 34.2 Å². The number of para-hydroxylation sites is 2. The van der Waals surface area contributed by atoms with E-state index in [2.05, 4.69) is 49.4 Å². The van der Waals surface area contributed by atoms with E-state index in [1.807, 2.05) is 84.9 Å². The second-order valence-corrected chi connectivity index (χ2v) is 10.5. The number of hydrogen-bond acceptors (Lipinski definition) is 6. The molecule has 0 saturated carbocycles. The van der Waals surface area contributed by atoms with Gasteiger partial charge in [0.05, 0.1) is 39.5 Å². The minimum Gasteiger partial charge on any atom is -0.292 e. The third-order valence-corrected chi connectivity index (χ3v) is 7.87. The maximum Gasteiger partial charge on any atom is 0.168 e. The minimum absolute atomic E-state index is 0.705. The average molecular weight is 567 g/mol. The predicted octanol–water partition coefficient (Wildman–Crippen LogP) is 7.58. The fourth-order valence-electron chi connectivity index (χ4n) is 5.96. The summed E-state index contributed by atoms with van der Waals surface area (Å²) in [6.07, 6.45) is 5.36. The van der Waals surface area contributed by atoms with E-state index in [0.717, 1.165) is 72.8 Å². The van der Waals surface area contributed by atoms with Gasteiger partial charge < -0.3 is 0 Å². The molecular weight excluding hydrogens is 544 g/mol. The molecule has 206 valence electrons. The molecule has 0 bridgehead atoms. The molecule has 0 N–H and O–H groups in total. The molecule has 0 amide bonds. The molecule has 2 aromatic carbocycles. The highest BCUT2D eigenvalue weighted by Gasteiger charge is 2.22. The van der Waals surface area contributed by atoms with Crippen LogP contribution in [0.1, 0.15) is 0 Å². The van der Waals surface area contributed by atoms with Crippen LogP contribution in [0.15, 0.2) is 134 Å². The molecule has 9 aromatic rings. The fraction of sp³-hybridized carbons (Fsp3) is 0. The molecular formula is C36H22N8. The zero-order valence-corrected chi connectivity index (χ0v) is 23.3. The average Bonchev–Trinajstić information content (AvgIpc) is 3.60. The van der Waals surface area contributed by atoms with Crippen LogP contribution in [0.25, 0.3) is 78.4 Å². The van der Waals surface area contributed by atoms with Gasteiger partial charge in [0.15, 0.2) is 11.3 Å². The van der Waals surface area contributed by atoms with Gasteiger partial charge in [-0.25, -0.2) is 15.0 Å². The zero-order chi connectivity index (χ0) is 29.0. The largest absolute Gasteiger partial charge is 0.292 e. The molecule has 7 aromatic heterocycles. The van der Waals surface area contributed by atoms with Gasteiger partial charge in [0.1, 0.15) is 16.6 Å². The lowest BCUT2D eigenvalue weighted by molar-refractivity contribution is 1.09. The molecule has 0 aliphatic rings. The van der Waals surface area contributed by atoms with Gasteiger partial charge in [-0.2, -0.15) is 0 Å². The third kappa shape index (κ3) is 3.71. The monoisotopic (exact) mass is 566 g/mol. The zero-order valence-electron chi connectivity index (χ0n) is 23.3. The summed E-state index contributed by atoms with van der Waals surface area (Å²) in [7, 11) is 0. The van der Waals surface area contributed by atoms with Crippen LogP contribution >= 0.6 is 0 Å². The van der Waals surface area contributed by atoms with Gasteiger partial charge in [-0.3, -0.25) is 24.1 Å². The first-order valence-electron chi connectivity index (χ1n) is 14.3. The fourth-order valence-corrected chi connectivity index (χ4v) is 5.96. The molecule has 0 unspecified atom stereocenters. The van der Waals surface area contributed by atoms with E-state index < -0.39 is 0 Å². The first-order chi connectivity index (χ1) is 21.8. The Bertz CT molecular complexity index is 2430. The summed E-state index contributed by atoms with van der Waals surface area (Å²) in [6, 6.07) is 38.3. The van der Waals surface area contributed by atoms with E-state index in [4.69, 9.17) is 19.9 Å². The van der Waals surface area contributed by atoms with E-state index in [1.165, 1.54) is 0 Å². The van der Waals surface area contributed by atoms with Gasteiger partial charge in [0, 0.05) is 29.7 Å². The molecule has 0 saturated heterocycles. The quantitative estimate of drug-likeness (QED) is 0.218. The number of nitrogens with zero attached hydrogens (tertiary/aromatic N) is 8. The molecule has 44 heavy (non-hydrogen) atoms. The molecule has 0 spiro atoms. The maximum absolute atomic E-state index is 5.38. The number of aromatic nitrogens is 8.